The minimum Gasteiger partial charge on any atom is -0.493 e. The van der Waals surface area contributed by atoms with E-state index in [4.69, 9.17) is 14.2 Å². The standard InChI is InChI=1S/C17H14O4S/c1-19-14-8-7-11(9-15(14)20-2)21-17(18)13-10-22-16-6-4-3-5-12(13)16/h3-10H,1-2H3. The van der Waals surface area contributed by atoms with Gasteiger partial charge in [-0.25, -0.2) is 4.79 Å². The summed E-state index contributed by atoms with van der Waals surface area (Å²) in [5.41, 5.74) is 0.565. The van der Waals surface area contributed by atoms with E-state index in [1.54, 1.807) is 25.3 Å². The lowest BCUT2D eigenvalue weighted by molar-refractivity contribution is 0.0737. The van der Waals surface area contributed by atoms with Crippen LogP contribution in [0.2, 0.25) is 0 Å². The highest BCUT2D eigenvalue weighted by Crippen LogP contribution is 2.32. The molecule has 0 bridgehead atoms. The van der Waals surface area contributed by atoms with E-state index in [9.17, 15) is 4.79 Å². The van der Waals surface area contributed by atoms with Crippen LogP contribution in [-0.4, -0.2) is 20.2 Å². The van der Waals surface area contributed by atoms with E-state index in [-0.39, 0.29) is 5.97 Å². The maximum atomic E-state index is 12.4. The molecule has 112 valence electrons. The Morgan fingerprint density at radius 2 is 1.77 bits per heavy atom. The lowest BCUT2D eigenvalue weighted by Gasteiger charge is -2.09. The van der Waals surface area contributed by atoms with Crippen molar-refractivity contribution in [1.29, 1.82) is 0 Å². The zero-order chi connectivity index (χ0) is 15.5. The molecule has 5 heteroatoms. The molecule has 0 amide bonds. The van der Waals surface area contributed by atoms with Crippen molar-refractivity contribution in [2.45, 2.75) is 0 Å². The lowest BCUT2D eigenvalue weighted by atomic mass is 10.2. The highest BCUT2D eigenvalue weighted by Gasteiger charge is 2.15. The van der Waals surface area contributed by atoms with Crippen molar-refractivity contribution in [2.24, 2.45) is 0 Å². The van der Waals surface area contributed by atoms with E-state index >= 15 is 0 Å². The van der Waals surface area contributed by atoms with Gasteiger partial charge in [0.2, 0.25) is 0 Å². The Labute approximate surface area is 131 Å². The van der Waals surface area contributed by atoms with Crippen molar-refractivity contribution < 1.29 is 19.0 Å². The zero-order valence-electron chi connectivity index (χ0n) is 12.2. The van der Waals surface area contributed by atoms with Gasteiger partial charge in [0.1, 0.15) is 5.75 Å². The summed E-state index contributed by atoms with van der Waals surface area (Å²) in [4.78, 5) is 12.4. The fourth-order valence-corrected chi connectivity index (χ4v) is 3.11. The average molecular weight is 314 g/mol. The summed E-state index contributed by atoms with van der Waals surface area (Å²) in [5.74, 6) is 1.13. The third kappa shape index (κ3) is 2.63. The van der Waals surface area contributed by atoms with E-state index in [2.05, 4.69) is 0 Å². The van der Waals surface area contributed by atoms with Crippen molar-refractivity contribution in [3.8, 4) is 17.2 Å². The predicted octanol–water partition coefficient (Wildman–Crippen LogP) is 4.14. The molecule has 0 saturated heterocycles. The van der Waals surface area contributed by atoms with Crippen LogP contribution in [0.15, 0.2) is 47.8 Å². The van der Waals surface area contributed by atoms with Crippen LogP contribution in [0, 0.1) is 0 Å². The molecule has 3 aromatic rings. The van der Waals surface area contributed by atoms with E-state index < -0.39 is 0 Å². The van der Waals surface area contributed by atoms with Crippen molar-refractivity contribution in [2.75, 3.05) is 14.2 Å². The van der Waals surface area contributed by atoms with Gasteiger partial charge in [-0.1, -0.05) is 18.2 Å². The number of fused-ring (bicyclic) bond motifs is 1. The van der Waals surface area contributed by atoms with Gasteiger partial charge in [-0.05, 0) is 18.2 Å². The Morgan fingerprint density at radius 3 is 2.55 bits per heavy atom. The zero-order valence-corrected chi connectivity index (χ0v) is 13.0. The molecule has 0 aliphatic heterocycles. The first-order valence-corrected chi connectivity index (χ1v) is 7.51. The quantitative estimate of drug-likeness (QED) is 0.536. The summed E-state index contributed by atoms with van der Waals surface area (Å²) in [5, 5.41) is 2.71. The lowest BCUT2D eigenvalue weighted by Crippen LogP contribution is -2.07. The van der Waals surface area contributed by atoms with Gasteiger partial charge in [-0.3, -0.25) is 0 Å². The monoisotopic (exact) mass is 314 g/mol. The van der Waals surface area contributed by atoms with Crippen LogP contribution in [0.1, 0.15) is 10.4 Å². The summed E-state index contributed by atoms with van der Waals surface area (Å²) < 4.78 is 16.9. The van der Waals surface area contributed by atoms with Crippen LogP contribution < -0.4 is 14.2 Å². The SMILES string of the molecule is COc1ccc(OC(=O)c2csc3ccccc23)cc1OC. The maximum Gasteiger partial charge on any atom is 0.345 e. The molecule has 0 atom stereocenters. The molecule has 1 aromatic heterocycles. The summed E-state index contributed by atoms with van der Waals surface area (Å²) >= 11 is 1.52. The number of esters is 1. The Kier molecular flexibility index (Phi) is 3.98. The van der Waals surface area contributed by atoms with Crippen molar-refractivity contribution in [1.82, 2.24) is 0 Å². The Balaban J connectivity index is 1.88. The van der Waals surface area contributed by atoms with E-state index in [0.29, 0.717) is 22.8 Å². The van der Waals surface area contributed by atoms with Crippen molar-refractivity contribution in [3.05, 3.63) is 53.4 Å². The Morgan fingerprint density at radius 1 is 1.00 bits per heavy atom. The first-order valence-electron chi connectivity index (χ1n) is 6.63. The second-order valence-electron chi connectivity index (χ2n) is 4.55. The smallest absolute Gasteiger partial charge is 0.345 e. The predicted molar refractivity (Wildman–Crippen MR) is 86.3 cm³/mol. The van der Waals surface area contributed by atoms with Crippen LogP contribution in [-0.2, 0) is 0 Å². The van der Waals surface area contributed by atoms with Gasteiger partial charge < -0.3 is 14.2 Å². The third-order valence-electron chi connectivity index (χ3n) is 3.27. The number of carbonyl (C=O) groups is 1. The molecular formula is C17H14O4S. The number of ether oxygens (including phenoxy) is 3. The van der Waals surface area contributed by atoms with Crippen LogP contribution in [0.25, 0.3) is 10.1 Å². The summed E-state index contributed by atoms with van der Waals surface area (Å²) in [6.45, 7) is 0. The molecule has 0 unspecified atom stereocenters. The topological polar surface area (TPSA) is 44.8 Å². The number of methoxy groups -OCH3 is 2. The molecule has 0 fully saturated rings. The number of benzene rings is 2. The van der Waals surface area contributed by atoms with Gasteiger partial charge in [0, 0.05) is 21.5 Å². The number of rotatable bonds is 4. The van der Waals surface area contributed by atoms with Gasteiger partial charge >= 0.3 is 5.97 Å². The van der Waals surface area contributed by atoms with Crippen LogP contribution in [0.4, 0.5) is 0 Å². The maximum absolute atomic E-state index is 12.4. The first-order chi connectivity index (χ1) is 10.7. The molecule has 2 aromatic carbocycles. The van der Waals surface area contributed by atoms with E-state index in [0.717, 1.165) is 10.1 Å². The summed E-state index contributed by atoms with van der Waals surface area (Å²) in [6, 6.07) is 12.8. The van der Waals surface area contributed by atoms with E-state index in [1.807, 2.05) is 29.6 Å². The second-order valence-corrected chi connectivity index (χ2v) is 5.46. The highest BCUT2D eigenvalue weighted by atomic mass is 32.1. The molecule has 0 spiro atoms. The largest absolute Gasteiger partial charge is 0.493 e. The van der Waals surface area contributed by atoms with Gasteiger partial charge in [0.05, 0.1) is 19.8 Å². The minimum absolute atomic E-state index is 0.385. The molecule has 1 heterocycles. The fraction of sp³-hybridized carbons (Fsp3) is 0.118. The molecule has 0 aliphatic rings. The first kappa shape index (κ1) is 14.4. The highest BCUT2D eigenvalue weighted by molar-refractivity contribution is 7.17. The van der Waals surface area contributed by atoms with Crippen molar-refractivity contribution >= 4 is 27.4 Å². The van der Waals surface area contributed by atoms with Crippen molar-refractivity contribution in [3.63, 3.8) is 0 Å². The average Bonchev–Trinajstić information content (AvgIpc) is 2.98. The van der Waals surface area contributed by atoms with Gasteiger partial charge in [0.15, 0.2) is 11.5 Å². The molecular weight excluding hydrogens is 300 g/mol. The fourth-order valence-electron chi connectivity index (χ4n) is 2.18. The summed E-state index contributed by atoms with van der Waals surface area (Å²) in [7, 11) is 3.09. The number of carbonyl (C=O) groups excluding carboxylic acids is 1. The minimum atomic E-state index is -0.385. The number of thiophene rings is 1. The molecule has 0 aliphatic carbocycles. The van der Waals surface area contributed by atoms with Crippen LogP contribution >= 0.6 is 11.3 Å². The van der Waals surface area contributed by atoms with E-state index in [1.165, 1.54) is 18.4 Å². The molecule has 22 heavy (non-hydrogen) atoms. The second kappa shape index (κ2) is 6.07. The van der Waals surface area contributed by atoms with Gasteiger partial charge in [-0.15, -0.1) is 11.3 Å². The Hall–Kier alpha value is -2.53. The molecule has 0 saturated carbocycles. The summed E-state index contributed by atoms with van der Waals surface area (Å²) in [6.07, 6.45) is 0. The number of hydrogen-bond acceptors (Lipinski definition) is 5. The van der Waals surface area contributed by atoms with Crippen LogP contribution in [0.3, 0.4) is 0 Å². The third-order valence-corrected chi connectivity index (χ3v) is 4.23. The molecule has 3 rings (SSSR count). The number of hydrogen-bond donors (Lipinski definition) is 0. The normalized spacial score (nSPS) is 10.5. The molecule has 0 N–H and O–H groups in total. The van der Waals surface area contributed by atoms with Gasteiger partial charge in [-0.2, -0.15) is 0 Å². The Bertz CT molecular complexity index is 822. The van der Waals surface area contributed by atoms with Crippen LogP contribution in [0.5, 0.6) is 17.2 Å². The molecule has 4 nitrogen and oxygen atoms in total. The molecule has 0 radical (unpaired) electrons. The van der Waals surface area contributed by atoms with Gasteiger partial charge in [0.25, 0.3) is 0 Å².